The SMILES string of the molecule is CCn1c(C(C)N)cnc1Cc1ccccc1F. The normalized spacial score (nSPS) is 12.7. The van der Waals surface area contributed by atoms with E-state index in [0.29, 0.717) is 12.0 Å². The first-order valence-corrected chi connectivity index (χ1v) is 6.16. The standard InChI is InChI=1S/C14H18FN3/c1-3-18-13(10(2)16)9-17-14(18)8-11-6-4-5-7-12(11)15/h4-7,9-10H,3,8,16H2,1-2H3. The molecule has 0 saturated heterocycles. The lowest BCUT2D eigenvalue weighted by molar-refractivity contribution is 0.600. The topological polar surface area (TPSA) is 43.8 Å². The summed E-state index contributed by atoms with van der Waals surface area (Å²) in [4.78, 5) is 4.36. The van der Waals surface area contributed by atoms with Gasteiger partial charge in [-0.3, -0.25) is 0 Å². The lowest BCUT2D eigenvalue weighted by Gasteiger charge is -2.12. The molecular formula is C14H18FN3. The van der Waals surface area contributed by atoms with Crippen LogP contribution in [0.15, 0.2) is 30.5 Å². The van der Waals surface area contributed by atoms with Crippen LogP contribution in [0.3, 0.4) is 0 Å². The Morgan fingerprint density at radius 2 is 2.11 bits per heavy atom. The number of nitrogens with zero attached hydrogens (tertiary/aromatic N) is 2. The molecule has 4 heteroatoms. The van der Waals surface area contributed by atoms with Gasteiger partial charge in [0.2, 0.25) is 0 Å². The maximum Gasteiger partial charge on any atom is 0.126 e. The molecule has 0 aliphatic carbocycles. The molecule has 2 aromatic rings. The first-order chi connectivity index (χ1) is 8.63. The summed E-state index contributed by atoms with van der Waals surface area (Å²) in [7, 11) is 0. The van der Waals surface area contributed by atoms with Crippen LogP contribution in [0, 0.1) is 5.82 Å². The van der Waals surface area contributed by atoms with Crippen molar-refractivity contribution in [1.82, 2.24) is 9.55 Å². The van der Waals surface area contributed by atoms with E-state index in [1.165, 1.54) is 6.07 Å². The quantitative estimate of drug-likeness (QED) is 0.902. The molecule has 0 saturated carbocycles. The van der Waals surface area contributed by atoms with Gasteiger partial charge in [0.1, 0.15) is 11.6 Å². The maximum atomic E-state index is 13.6. The van der Waals surface area contributed by atoms with Gasteiger partial charge in [-0.25, -0.2) is 9.37 Å². The average molecular weight is 247 g/mol. The number of imidazole rings is 1. The largest absolute Gasteiger partial charge is 0.331 e. The smallest absolute Gasteiger partial charge is 0.126 e. The molecule has 0 radical (unpaired) electrons. The Hall–Kier alpha value is -1.68. The number of aromatic nitrogens is 2. The van der Waals surface area contributed by atoms with Crippen LogP contribution in [0.25, 0.3) is 0 Å². The number of benzene rings is 1. The molecule has 1 unspecified atom stereocenters. The number of nitrogens with two attached hydrogens (primary N) is 1. The van der Waals surface area contributed by atoms with Gasteiger partial charge in [0, 0.05) is 19.0 Å². The number of rotatable bonds is 4. The Kier molecular flexibility index (Phi) is 3.77. The van der Waals surface area contributed by atoms with Crippen molar-refractivity contribution >= 4 is 0 Å². The van der Waals surface area contributed by atoms with Gasteiger partial charge in [-0.15, -0.1) is 0 Å². The van der Waals surface area contributed by atoms with Gasteiger partial charge in [0.15, 0.2) is 0 Å². The molecule has 0 bridgehead atoms. The molecule has 3 nitrogen and oxygen atoms in total. The fraction of sp³-hybridized carbons (Fsp3) is 0.357. The zero-order valence-electron chi connectivity index (χ0n) is 10.7. The van der Waals surface area contributed by atoms with Crippen molar-refractivity contribution in [1.29, 1.82) is 0 Å². The van der Waals surface area contributed by atoms with Gasteiger partial charge >= 0.3 is 0 Å². The summed E-state index contributed by atoms with van der Waals surface area (Å²) in [5.74, 6) is 0.667. The van der Waals surface area contributed by atoms with E-state index in [-0.39, 0.29) is 11.9 Å². The Balaban J connectivity index is 2.33. The molecule has 0 aliphatic rings. The molecule has 0 spiro atoms. The molecule has 0 aliphatic heterocycles. The van der Waals surface area contributed by atoms with E-state index in [4.69, 9.17) is 5.73 Å². The van der Waals surface area contributed by atoms with E-state index in [9.17, 15) is 4.39 Å². The highest BCUT2D eigenvalue weighted by Crippen LogP contribution is 2.17. The van der Waals surface area contributed by atoms with Crippen molar-refractivity contribution < 1.29 is 4.39 Å². The summed E-state index contributed by atoms with van der Waals surface area (Å²) in [6.45, 7) is 4.76. The monoisotopic (exact) mass is 247 g/mol. The number of hydrogen-bond acceptors (Lipinski definition) is 2. The third-order valence-electron chi connectivity index (χ3n) is 3.06. The summed E-state index contributed by atoms with van der Waals surface area (Å²) < 4.78 is 15.7. The van der Waals surface area contributed by atoms with Crippen LogP contribution < -0.4 is 5.73 Å². The number of hydrogen-bond donors (Lipinski definition) is 1. The summed E-state index contributed by atoms with van der Waals surface area (Å²) >= 11 is 0. The Morgan fingerprint density at radius 1 is 1.39 bits per heavy atom. The van der Waals surface area contributed by atoms with Gasteiger partial charge in [-0.2, -0.15) is 0 Å². The third kappa shape index (κ3) is 2.43. The van der Waals surface area contributed by atoms with Gasteiger partial charge in [0.05, 0.1) is 11.9 Å². The van der Waals surface area contributed by atoms with Crippen LogP contribution in [0.4, 0.5) is 4.39 Å². The molecule has 2 N–H and O–H groups in total. The predicted molar refractivity (Wildman–Crippen MR) is 69.7 cm³/mol. The molecule has 0 amide bonds. The van der Waals surface area contributed by atoms with Crippen molar-refractivity contribution in [2.75, 3.05) is 0 Å². The second kappa shape index (κ2) is 5.31. The minimum absolute atomic E-state index is 0.0631. The van der Waals surface area contributed by atoms with Gasteiger partial charge in [-0.1, -0.05) is 18.2 Å². The van der Waals surface area contributed by atoms with Crippen molar-refractivity contribution in [2.45, 2.75) is 32.9 Å². The summed E-state index contributed by atoms with van der Waals surface area (Å²) in [6, 6.07) is 6.73. The molecule has 1 heterocycles. The van der Waals surface area contributed by atoms with Crippen molar-refractivity contribution in [3.8, 4) is 0 Å². The van der Waals surface area contributed by atoms with Crippen LogP contribution in [-0.4, -0.2) is 9.55 Å². The van der Waals surface area contributed by atoms with E-state index in [0.717, 1.165) is 18.1 Å². The van der Waals surface area contributed by atoms with E-state index in [1.54, 1.807) is 18.3 Å². The highest BCUT2D eigenvalue weighted by atomic mass is 19.1. The average Bonchev–Trinajstić information content (AvgIpc) is 2.75. The molecule has 18 heavy (non-hydrogen) atoms. The van der Waals surface area contributed by atoms with E-state index in [1.807, 2.05) is 19.9 Å². The Labute approximate surface area is 106 Å². The first-order valence-electron chi connectivity index (χ1n) is 6.16. The van der Waals surface area contributed by atoms with Crippen LogP contribution in [-0.2, 0) is 13.0 Å². The summed E-state index contributed by atoms with van der Waals surface area (Å²) in [5.41, 5.74) is 7.54. The fourth-order valence-corrected chi connectivity index (χ4v) is 2.11. The lowest BCUT2D eigenvalue weighted by atomic mass is 10.1. The molecule has 0 fully saturated rings. The third-order valence-corrected chi connectivity index (χ3v) is 3.06. The highest BCUT2D eigenvalue weighted by Gasteiger charge is 2.13. The van der Waals surface area contributed by atoms with E-state index >= 15 is 0 Å². The summed E-state index contributed by atoms with van der Waals surface area (Å²) in [6.07, 6.45) is 2.28. The molecule has 96 valence electrons. The Bertz CT molecular complexity index is 532. The summed E-state index contributed by atoms with van der Waals surface area (Å²) in [5, 5.41) is 0. The van der Waals surface area contributed by atoms with Gasteiger partial charge < -0.3 is 10.3 Å². The van der Waals surface area contributed by atoms with Crippen LogP contribution in [0.1, 0.15) is 37.0 Å². The van der Waals surface area contributed by atoms with Gasteiger partial charge in [0.25, 0.3) is 0 Å². The van der Waals surface area contributed by atoms with Crippen molar-refractivity contribution in [3.63, 3.8) is 0 Å². The lowest BCUT2D eigenvalue weighted by Crippen LogP contribution is -2.13. The van der Waals surface area contributed by atoms with Crippen molar-refractivity contribution in [2.24, 2.45) is 5.73 Å². The molecule has 1 atom stereocenters. The minimum atomic E-state index is -0.189. The maximum absolute atomic E-state index is 13.6. The van der Waals surface area contributed by atoms with Crippen LogP contribution in [0.2, 0.25) is 0 Å². The minimum Gasteiger partial charge on any atom is -0.331 e. The zero-order valence-corrected chi connectivity index (χ0v) is 10.7. The zero-order chi connectivity index (χ0) is 13.1. The second-order valence-electron chi connectivity index (χ2n) is 4.40. The van der Waals surface area contributed by atoms with E-state index < -0.39 is 0 Å². The Morgan fingerprint density at radius 3 is 2.72 bits per heavy atom. The van der Waals surface area contributed by atoms with Crippen molar-refractivity contribution in [3.05, 3.63) is 53.4 Å². The van der Waals surface area contributed by atoms with Crippen LogP contribution in [0.5, 0.6) is 0 Å². The molecule has 2 rings (SSSR count). The predicted octanol–water partition coefficient (Wildman–Crippen LogP) is 2.65. The molecular weight excluding hydrogens is 229 g/mol. The first kappa shape index (κ1) is 12.8. The molecule has 1 aromatic carbocycles. The highest BCUT2D eigenvalue weighted by molar-refractivity contribution is 5.22. The second-order valence-corrected chi connectivity index (χ2v) is 4.40. The number of halogens is 1. The van der Waals surface area contributed by atoms with E-state index in [2.05, 4.69) is 9.55 Å². The molecule has 1 aromatic heterocycles. The van der Waals surface area contributed by atoms with Gasteiger partial charge in [-0.05, 0) is 25.5 Å². The fourth-order valence-electron chi connectivity index (χ4n) is 2.11. The van der Waals surface area contributed by atoms with Crippen LogP contribution >= 0.6 is 0 Å².